The van der Waals surface area contributed by atoms with Gasteiger partial charge in [-0.2, -0.15) is 0 Å². The highest BCUT2D eigenvalue weighted by atomic mass is 31.2. The number of nitrogens with zero attached hydrogens (tertiary/aromatic N) is 6. The van der Waals surface area contributed by atoms with Gasteiger partial charge in [-0.15, -0.1) is 0 Å². The first-order valence-corrected chi connectivity index (χ1v) is 36.8. The smallest absolute Gasteiger partial charge is 0.343 e. The average molecular weight is 1340 g/mol. The third kappa shape index (κ3) is 23.9. The van der Waals surface area contributed by atoms with Crippen molar-refractivity contribution >= 4 is 57.1 Å². The molecule has 4 atom stereocenters. The molecule has 94 heavy (non-hydrogen) atoms. The molecule has 3 aromatic heterocycles. The quantitative estimate of drug-likeness (QED) is 0.0161. The summed E-state index contributed by atoms with van der Waals surface area (Å²) in [7, 11) is -4.03. The van der Waals surface area contributed by atoms with Gasteiger partial charge in [-0.3, -0.25) is 23.8 Å². The van der Waals surface area contributed by atoms with Crippen molar-refractivity contribution in [2.75, 3.05) is 120 Å². The van der Waals surface area contributed by atoms with E-state index in [-0.39, 0.29) is 39.1 Å². The van der Waals surface area contributed by atoms with Gasteiger partial charge < -0.3 is 47.7 Å². The van der Waals surface area contributed by atoms with Gasteiger partial charge in [-0.25, -0.2) is 29.3 Å². The molecule has 3 unspecified atom stereocenters. The molecule has 7 rings (SSSR count). The van der Waals surface area contributed by atoms with Crippen molar-refractivity contribution in [3.8, 4) is 52.8 Å². The van der Waals surface area contributed by atoms with E-state index in [1.165, 1.54) is 21.3 Å². The summed E-state index contributed by atoms with van der Waals surface area (Å²) in [5.74, 6) is 19.8. The Kier molecular flexibility index (Phi) is 29.2. The molecule has 0 bridgehead atoms. The maximum Gasteiger partial charge on any atom is 0.343 e. The Morgan fingerprint density at radius 1 is 0.521 bits per heavy atom. The standard InChI is InChI=1S/C70H84N7O14P3/c1-10-89-92(7)65-42-55(19-16-52-22-28-62(29-23-52)86-49-68(78)83-4)39-58(72-65)46-76-36-35-75(45-59-40-56(43-66(73-59)93(8,81)90-11-2)20-17-53-24-30-63(31-25-53)87-50-69(79)84-5)37-38-77(61(48-76)15-13-14-34-71)47-60-41-57(44-67(74-60)94(9,82)91-12-3)21-18-54-26-32-64(33-27-54)88-51-70(80)85-6/h22-33,39-44,61H,10-15,34-38,45-51,71H2,1-9H3/t61-,92?,93?,94?/m0/s1. The van der Waals surface area contributed by atoms with E-state index in [1.54, 1.807) is 100.0 Å². The summed E-state index contributed by atoms with van der Waals surface area (Å²) in [6.07, 6.45) is 2.46. The number of aromatic nitrogens is 3. The molecule has 1 fully saturated rings. The highest BCUT2D eigenvalue weighted by Gasteiger charge is 2.29. The molecular weight excluding hydrogens is 1260 g/mol. The van der Waals surface area contributed by atoms with E-state index >= 15 is 0 Å². The SMILES string of the molecule is CCOP(C)c1cc(C#Cc2ccc(OCC(=O)OC)cc2)cc(CN2CCN(Cc3cc(C#Cc4ccc(OCC(=O)OC)cc4)cc(P(C)(=O)OCC)n3)CCN(Cc3cc(C#Cc4ccc(OCC(=O)OC)cc4)cc(P(C)(=O)OCC)n3)[C@@H](CCCCN)C2)n1. The number of carbonyl (C=O) groups is 3. The van der Waals surface area contributed by atoms with Crippen LogP contribution >= 0.6 is 22.9 Å². The first-order valence-electron chi connectivity index (χ1n) is 31.0. The zero-order chi connectivity index (χ0) is 67.5. The Morgan fingerprint density at radius 2 is 0.915 bits per heavy atom. The van der Waals surface area contributed by atoms with Gasteiger partial charge in [0.1, 0.15) is 28.1 Å². The van der Waals surface area contributed by atoms with E-state index in [0.29, 0.717) is 127 Å². The zero-order valence-corrected chi connectivity index (χ0v) is 57.7. The maximum atomic E-state index is 14.4. The minimum atomic E-state index is -3.43. The van der Waals surface area contributed by atoms with Crippen LogP contribution < -0.4 is 36.2 Å². The Hall–Kier alpha value is -7.79. The van der Waals surface area contributed by atoms with Crippen LogP contribution in [0, 0.1) is 35.5 Å². The number of rotatable bonds is 28. The number of hydrogen-bond acceptors (Lipinski definition) is 21. The highest BCUT2D eigenvalue weighted by molar-refractivity contribution is 7.66. The van der Waals surface area contributed by atoms with Crippen LogP contribution in [0.15, 0.2) is 109 Å². The first-order chi connectivity index (χ1) is 45.3. The number of nitrogens with two attached hydrogens (primary N) is 1. The Morgan fingerprint density at radius 3 is 1.34 bits per heavy atom. The van der Waals surface area contributed by atoms with E-state index in [0.717, 1.165) is 41.5 Å². The normalized spacial score (nSPS) is 15.2. The van der Waals surface area contributed by atoms with Crippen molar-refractivity contribution in [1.82, 2.24) is 29.7 Å². The van der Waals surface area contributed by atoms with Crippen molar-refractivity contribution in [3.63, 3.8) is 0 Å². The van der Waals surface area contributed by atoms with Crippen LogP contribution in [-0.4, -0.2) is 174 Å². The van der Waals surface area contributed by atoms with Gasteiger partial charge in [0, 0.05) is 112 Å². The third-order valence-corrected chi connectivity index (χ3v) is 19.9. The lowest BCUT2D eigenvalue weighted by atomic mass is 10.1. The number of ether oxygens (including phenoxy) is 6. The van der Waals surface area contributed by atoms with Crippen molar-refractivity contribution in [1.29, 1.82) is 0 Å². The van der Waals surface area contributed by atoms with Gasteiger partial charge in [0.2, 0.25) is 14.7 Å². The Labute approximate surface area is 553 Å². The van der Waals surface area contributed by atoms with Crippen LogP contribution in [0.1, 0.15) is 90.5 Å². The van der Waals surface area contributed by atoms with E-state index in [1.807, 2.05) is 50.0 Å². The van der Waals surface area contributed by atoms with Gasteiger partial charge in [-0.1, -0.05) is 41.9 Å². The number of benzene rings is 3. The summed E-state index contributed by atoms with van der Waals surface area (Å²) in [6.45, 7) is 15.7. The fraction of sp³-hybridized carbons (Fsp3) is 0.400. The number of carbonyl (C=O) groups excluding carboxylic acids is 3. The number of methoxy groups -OCH3 is 3. The molecule has 1 saturated heterocycles. The van der Waals surface area contributed by atoms with Gasteiger partial charge in [0.05, 0.1) is 65.2 Å². The topological polar surface area (TPSA) is 243 Å². The summed E-state index contributed by atoms with van der Waals surface area (Å²) >= 11 is 0. The van der Waals surface area contributed by atoms with Crippen molar-refractivity contribution in [2.24, 2.45) is 5.73 Å². The van der Waals surface area contributed by atoms with Crippen molar-refractivity contribution in [3.05, 3.63) is 160 Å². The van der Waals surface area contributed by atoms with Gasteiger partial charge in [0.25, 0.3) is 0 Å². The summed E-state index contributed by atoms with van der Waals surface area (Å²) in [5.41, 5.74) is 13.8. The second-order valence-electron chi connectivity index (χ2n) is 21.9. The fourth-order valence-corrected chi connectivity index (χ4v) is 13.6. The molecule has 21 nitrogen and oxygen atoms in total. The third-order valence-electron chi connectivity index (χ3n) is 14.7. The van der Waals surface area contributed by atoms with E-state index in [2.05, 4.69) is 50.2 Å². The summed E-state index contributed by atoms with van der Waals surface area (Å²) < 4.78 is 77.4. The highest BCUT2D eigenvalue weighted by Crippen LogP contribution is 2.42. The maximum absolute atomic E-state index is 14.4. The fourth-order valence-electron chi connectivity index (χ4n) is 9.90. The minimum absolute atomic E-state index is 0.0468. The van der Waals surface area contributed by atoms with Gasteiger partial charge >= 0.3 is 17.9 Å². The van der Waals surface area contributed by atoms with Crippen LogP contribution in [-0.2, 0) is 70.9 Å². The molecule has 3 aromatic carbocycles. The summed E-state index contributed by atoms with van der Waals surface area (Å²) in [6, 6.07) is 32.6. The molecule has 0 amide bonds. The minimum Gasteiger partial charge on any atom is -0.482 e. The summed E-state index contributed by atoms with van der Waals surface area (Å²) in [5, 5.41) is 0. The van der Waals surface area contributed by atoms with Crippen molar-refractivity contribution < 1.29 is 65.5 Å². The van der Waals surface area contributed by atoms with E-state index in [9.17, 15) is 23.5 Å². The molecule has 6 aromatic rings. The Balaban J connectivity index is 1.29. The van der Waals surface area contributed by atoms with Crippen LogP contribution in [0.25, 0.3) is 0 Å². The molecule has 0 spiro atoms. The monoisotopic (exact) mass is 1340 g/mol. The summed E-state index contributed by atoms with van der Waals surface area (Å²) in [4.78, 5) is 57.8. The number of hydrogen-bond donors (Lipinski definition) is 1. The lowest BCUT2D eigenvalue weighted by Crippen LogP contribution is -2.45. The molecule has 24 heteroatoms. The first kappa shape index (κ1) is 73.6. The second-order valence-corrected chi connectivity index (χ2v) is 28.4. The molecule has 498 valence electrons. The molecule has 1 aliphatic rings. The number of esters is 3. The average Bonchev–Trinajstić information content (AvgIpc) is 1.03. The predicted octanol–water partition coefficient (Wildman–Crippen LogP) is 7.87. The van der Waals surface area contributed by atoms with Crippen LogP contribution in [0.4, 0.5) is 0 Å². The molecule has 0 radical (unpaired) electrons. The predicted molar refractivity (Wildman–Crippen MR) is 364 cm³/mol. The molecule has 1 aliphatic heterocycles. The van der Waals surface area contributed by atoms with Gasteiger partial charge in [-0.05, 0) is 156 Å². The molecule has 4 heterocycles. The van der Waals surface area contributed by atoms with Crippen molar-refractivity contribution in [2.45, 2.75) is 65.7 Å². The molecule has 0 saturated carbocycles. The lowest BCUT2D eigenvalue weighted by molar-refractivity contribution is -0.143. The number of pyridine rings is 3. The molecular formula is C70H84N7O14P3. The molecule has 2 N–H and O–H groups in total. The lowest BCUT2D eigenvalue weighted by Gasteiger charge is -2.35. The van der Waals surface area contributed by atoms with Gasteiger partial charge in [0.15, 0.2) is 19.8 Å². The van der Waals surface area contributed by atoms with E-state index in [4.69, 9.17) is 62.7 Å². The Bertz CT molecular complexity index is 3810. The van der Waals surface area contributed by atoms with Crippen LogP contribution in [0.3, 0.4) is 0 Å². The largest absolute Gasteiger partial charge is 0.482 e. The second kappa shape index (κ2) is 37.3. The number of unbranched alkanes of at least 4 members (excludes halogenated alkanes) is 1. The zero-order valence-electron chi connectivity index (χ0n) is 55.0. The van der Waals surface area contributed by atoms with E-state index < -0.39 is 40.8 Å². The van der Waals surface area contributed by atoms with Crippen LogP contribution in [0.2, 0.25) is 0 Å². The molecule has 0 aliphatic carbocycles. The van der Waals surface area contributed by atoms with Crippen LogP contribution in [0.5, 0.6) is 17.2 Å².